The van der Waals surface area contributed by atoms with Crippen molar-refractivity contribution in [3.63, 3.8) is 0 Å². The number of alkyl halides is 1. The molecule has 3 rings (SSSR count). The van der Waals surface area contributed by atoms with Gasteiger partial charge < -0.3 is 14.6 Å². The Kier molecular flexibility index (Phi) is 4.59. The van der Waals surface area contributed by atoms with E-state index in [1.165, 1.54) is 25.3 Å². The molecule has 1 aliphatic rings. The maximum absolute atomic E-state index is 13.0. The molecule has 25 heavy (non-hydrogen) atoms. The van der Waals surface area contributed by atoms with Crippen LogP contribution in [0.5, 0.6) is 11.5 Å². The quantitative estimate of drug-likeness (QED) is 0.760. The highest BCUT2D eigenvalue weighted by Crippen LogP contribution is 2.44. The zero-order valence-electron chi connectivity index (χ0n) is 14.1. The summed E-state index contributed by atoms with van der Waals surface area (Å²) < 4.78 is 37.1. The molecule has 2 aromatic carbocycles. The summed E-state index contributed by atoms with van der Waals surface area (Å²) in [5.74, 6) is 0.753. The molecule has 0 aliphatic carbocycles. The molecule has 2 atom stereocenters. The predicted molar refractivity (Wildman–Crippen MR) is 97.3 cm³/mol. The second-order valence-corrected chi connectivity index (χ2v) is 9.31. The van der Waals surface area contributed by atoms with E-state index in [1.54, 1.807) is 24.3 Å². The average Bonchev–Trinajstić information content (AvgIpc) is 2.59. The van der Waals surface area contributed by atoms with Gasteiger partial charge >= 0.3 is 0 Å². The van der Waals surface area contributed by atoms with Crippen molar-refractivity contribution < 1.29 is 23.0 Å². The molecular weight excluding hydrogens is 408 g/mol. The van der Waals surface area contributed by atoms with E-state index in [1.807, 2.05) is 13.8 Å². The Hall–Kier alpha value is -1.57. The number of aliphatic hydroxyl groups excluding tert-OH is 1. The molecule has 0 amide bonds. The molecular formula is C18H19BrO5S. The molecule has 1 heterocycles. The Morgan fingerprint density at radius 2 is 1.88 bits per heavy atom. The van der Waals surface area contributed by atoms with Gasteiger partial charge in [-0.05, 0) is 44.2 Å². The second kappa shape index (κ2) is 6.30. The third-order valence-corrected chi connectivity index (χ3v) is 7.68. The van der Waals surface area contributed by atoms with Gasteiger partial charge in [-0.1, -0.05) is 28.1 Å². The lowest BCUT2D eigenvalue weighted by molar-refractivity contribution is 0.0223. The Bertz CT molecular complexity index is 907. The van der Waals surface area contributed by atoms with Gasteiger partial charge in [0, 0.05) is 5.56 Å². The lowest BCUT2D eigenvalue weighted by Gasteiger charge is -2.40. The number of halogens is 1. The minimum absolute atomic E-state index is 0.0813. The molecule has 0 fully saturated rings. The first-order valence-corrected chi connectivity index (χ1v) is 10.1. The summed E-state index contributed by atoms with van der Waals surface area (Å²) in [6.45, 7) is 3.72. The van der Waals surface area contributed by atoms with E-state index in [-0.39, 0.29) is 20.4 Å². The highest BCUT2D eigenvalue weighted by Gasteiger charge is 2.42. The third kappa shape index (κ3) is 3.05. The van der Waals surface area contributed by atoms with Crippen molar-refractivity contribution in [2.24, 2.45) is 0 Å². The fourth-order valence-corrected chi connectivity index (χ4v) is 4.70. The van der Waals surface area contributed by atoms with Gasteiger partial charge in [0.25, 0.3) is 0 Å². The minimum atomic E-state index is -3.79. The van der Waals surface area contributed by atoms with Crippen LogP contribution in [0.3, 0.4) is 0 Å². The number of sulfone groups is 1. The van der Waals surface area contributed by atoms with Crippen LogP contribution >= 0.6 is 15.9 Å². The summed E-state index contributed by atoms with van der Waals surface area (Å²) in [5, 5.41) is 10.6. The van der Waals surface area contributed by atoms with Crippen molar-refractivity contribution in [3.05, 3.63) is 48.0 Å². The van der Waals surface area contributed by atoms with Gasteiger partial charge in [0.2, 0.25) is 9.84 Å². The first-order chi connectivity index (χ1) is 11.7. The van der Waals surface area contributed by atoms with Crippen LogP contribution < -0.4 is 9.47 Å². The van der Waals surface area contributed by atoms with Gasteiger partial charge in [-0.15, -0.1) is 0 Å². The van der Waals surface area contributed by atoms with Crippen LogP contribution in [0.25, 0.3) is 0 Å². The van der Waals surface area contributed by atoms with E-state index in [0.717, 1.165) is 0 Å². The minimum Gasteiger partial charge on any atom is -0.495 e. The molecule has 7 heteroatoms. The molecule has 1 N–H and O–H groups in total. The van der Waals surface area contributed by atoms with Crippen LogP contribution in [0.1, 0.15) is 25.5 Å². The van der Waals surface area contributed by atoms with E-state index in [4.69, 9.17) is 9.47 Å². The Morgan fingerprint density at radius 1 is 1.20 bits per heavy atom. The highest BCUT2D eigenvalue weighted by atomic mass is 79.9. The zero-order chi connectivity index (χ0) is 18.4. The number of fused-ring (bicyclic) bond motifs is 1. The number of ether oxygens (including phenoxy) is 2. The number of hydrogen-bond acceptors (Lipinski definition) is 5. The number of benzene rings is 2. The molecule has 134 valence electrons. The molecule has 0 saturated carbocycles. The number of hydrogen-bond donors (Lipinski definition) is 1. The van der Waals surface area contributed by atoms with E-state index >= 15 is 0 Å². The van der Waals surface area contributed by atoms with Crippen LogP contribution in [0.2, 0.25) is 0 Å². The molecule has 0 bridgehead atoms. The van der Waals surface area contributed by atoms with Crippen LogP contribution in [0.15, 0.2) is 52.3 Å². The molecule has 5 nitrogen and oxygen atoms in total. The number of methoxy groups -OCH3 is 1. The fourth-order valence-electron chi connectivity index (χ4n) is 2.86. The monoisotopic (exact) mass is 426 g/mol. The summed E-state index contributed by atoms with van der Waals surface area (Å²) in [6.07, 6.45) is -0.883. The highest BCUT2D eigenvalue weighted by molar-refractivity contribution is 9.09. The van der Waals surface area contributed by atoms with Crippen molar-refractivity contribution in [2.75, 3.05) is 7.11 Å². The average molecular weight is 427 g/mol. The van der Waals surface area contributed by atoms with Crippen molar-refractivity contribution >= 4 is 25.8 Å². The topological polar surface area (TPSA) is 72.8 Å². The Labute approximate surface area is 155 Å². The summed E-state index contributed by atoms with van der Waals surface area (Å²) in [4.78, 5) is -0.200. The van der Waals surface area contributed by atoms with Crippen molar-refractivity contribution in [1.29, 1.82) is 0 Å². The molecule has 0 radical (unpaired) electrons. The lowest BCUT2D eigenvalue weighted by Crippen LogP contribution is -2.45. The van der Waals surface area contributed by atoms with Crippen molar-refractivity contribution in [1.82, 2.24) is 0 Å². The summed E-state index contributed by atoms with van der Waals surface area (Å²) in [7, 11) is -2.36. The standard InChI is InChI=1S/C18H19BrO5S/c1-18(2)17(19)16(20)12-10-11(8-9-13(12)24-18)25(21,22)15-7-5-4-6-14(15)23-3/h4-10,16-17,20H,1-3H3/t16-,17+/m1/s1. The smallest absolute Gasteiger partial charge is 0.210 e. The Morgan fingerprint density at radius 3 is 2.56 bits per heavy atom. The zero-order valence-corrected chi connectivity index (χ0v) is 16.5. The van der Waals surface area contributed by atoms with E-state index in [0.29, 0.717) is 11.3 Å². The van der Waals surface area contributed by atoms with Gasteiger partial charge in [-0.2, -0.15) is 0 Å². The van der Waals surface area contributed by atoms with Gasteiger partial charge in [0.1, 0.15) is 22.0 Å². The molecule has 0 aromatic heterocycles. The van der Waals surface area contributed by atoms with E-state index < -0.39 is 21.5 Å². The summed E-state index contributed by atoms with van der Waals surface area (Å²) >= 11 is 3.44. The normalized spacial score (nSPS) is 22.0. The SMILES string of the molecule is COc1ccccc1S(=O)(=O)c1ccc2c(c1)[C@@H](O)[C@H](Br)C(C)(C)O2. The van der Waals surface area contributed by atoms with Crippen LogP contribution in [0, 0.1) is 0 Å². The number of rotatable bonds is 3. The molecule has 0 spiro atoms. The predicted octanol–water partition coefficient (Wildman–Crippen LogP) is 3.50. The fraction of sp³-hybridized carbons (Fsp3) is 0.333. The van der Waals surface area contributed by atoms with Crippen LogP contribution in [-0.2, 0) is 9.84 Å². The number of para-hydroxylation sites is 1. The summed E-state index contributed by atoms with van der Waals surface area (Å²) in [5.41, 5.74) is -0.174. The Balaban J connectivity index is 2.12. The third-order valence-electron chi connectivity index (χ3n) is 4.28. The van der Waals surface area contributed by atoms with Gasteiger partial charge in [-0.25, -0.2) is 8.42 Å². The number of aliphatic hydroxyl groups is 1. The van der Waals surface area contributed by atoms with E-state index in [9.17, 15) is 13.5 Å². The van der Waals surface area contributed by atoms with Crippen LogP contribution in [0.4, 0.5) is 0 Å². The van der Waals surface area contributed by atoms with Crippen LogP contribution in [-0.4, -0.2) is 31.1 Å². The first-order valence-electron chi connectivity index (χ1n) is 7.71. The second-order valence-electron chi connectivity index (χ2n) is 6.41. The van der Waals surface area contributed by atoms with Crippen molar-refractivity contribution in [3.8, 4) is 11.5 Å². The molecule has 1 aliphatic heterocycles. The van der Waals surface area contributed by atoms with Crippen molar-refractivity contribution in [2.45, 2.75) is 40.2 Å². The van der Waals surface area contributed by atoms with Gasteiger partial charge in [0.05, 0.1) is 22.9 Å². The summed E-state index contributed by atoms with van der Waals surface area (Å²) in [6, 6.07) is 11.0. The van der Waals surface area contributed by atoms with Gasteiger partial charge in [-0.3, -0.25) is 0 Å². The van der Waals surface area contributed by atoms with E-state index in [2.05, 4.69) is 15.9 Å². The maximum atomic E-state index is 13.0. The molecule has 0 unspecified atom stereocenters. The maximum Gasteiger partial charge on any atom is 0.210 e. The van der Waals surface area contributed by atoms with Gasteiger partial charge in [0.15, 0.2) is 0 Å². The largest absolute Gasteiger partial charge is 0.495 e. The lowest BCUT2D eigenvalue weighted by atomic mass is 9.91. The molecule has 0 saturated heterocycles. The first kappa shape index (κ1) is 18.2. The molecule has 2 aromatic rings.